The summed E-state index contributed by atoms with van der Waals surface area (Å²) in [5.41, 5.74) is -0.511. The Kier molecular flexibility index (Phi) is 4.03. The Morgan fingerprint density at radius 3 is 2.81 bits per heavy atom. The lowest BCUT2D eigenvalue weighted by molar-refractivity contribution is -0.131. The Balaban J connectivity index is 2.75. The second-order valence-electron chi connectivity index (χ2n) is 4.21. The topological polar surface area (TPSA) is 37.4 Å². The molecule has 2 atom stereocenters. The summed E-state index contributed by atoms with van der Waals surface area (Å²) in [7, 11) is 0. The molecule has 1 amide bonds. The summed E-state index contributed by atoms with van der Waals surface area (Å²) >= 11 is 1.24. The molecule has 1 aliphatic rings. The molecule has 88 valence electrons. The number of hydrogen-bond donors (Lipinski definition) is 0. The Labute approximate surface area is 101 Å². The molecule has 4 heteroatoms. The van der Waals surface area contributed by atoms with Crippen molar-refractivity contribution in [3.63, 3.8) is 0 Å². The maximum atomic E-state index is 11.8. The van der Waals surface area contributed by atoms with Gasteiger partial charge in [-0.3, -0.25) is 9.59 Å². The molecule has 1 saturated heterocycles. The van der Waals surface area contributed by atoms with E-state index in [-0.39, 0.29) is 16.3 Å². The molecule has 1 rings (SSSR count). The third-order valence-electron chi connectivity index (χ3n) is 3.02. The summed E-state index contributed by atoms with van der Waals surface area (Å²) in [6.45, 7) is 5.97. The van der Waals surface area contributed by atoms with Crippen molar-refractivity contribution in [1.29, 1.82) is 0 Å². The van der Waals surface area contributed by atoms with Crippen LogP contribution in [0.15, 0.2) is 0 Å². The Morgan fingerprint density at radius 1 is 1.75 bits per heavy atom. The first-order valence-electron chi connectivity index (χ1n) is 5.38. The van der Waals surface area contributed by atoms with Gasteiger partial charge in [0.05, 0.1) is 0 Å². The van der Waals surface area contributed by atoms with E-state index < -0.39 is 5.54 Å². The molecule has 0 spiro atoms. The fourth-order valence-corrected chi connectivity index (χ4v) is 2.76. The molecule has 1 heterocycles. The van der Waals surface area contributed by atoms with Crippen molar-refractivity contribution in [3.8, 4) is 12.3 Å². The van der Waals surface area contributed by atoms with Crippen LogP contribution in [0.1, 0.15) is 33.6 Å². The highest BCUT2D eigenvalue weighted by molar-refractivity contribution is 8.14. The van der Waals surface area contributed by atoms with Gasteiger partial charge in [-0.1, -0.05) is 24.6 Å². The molecule has 1 aliphatic heterocycles. The van der Waals surface area contributed by atoms with Crippen LogP contribution in [0, 0.1) is 12.3 Å². The lowest BCUT2D eigenvalue weighted by Crippen LogP contribution is -2.45. The quantitative estimate of drug-likeness (QED) is 0.703. The van der Waals surface area contributed by atoms with Crippen LogP contribution in [0.2, 0.25) is 0 Å². The molecule has 0 aromatic rings. The smallest absolute Gasteiger partial charge is 0.225 e. The molecule has 0 aromatic carbocycles. The van der Waals surface area contributed by atoms with Gasteiger partial charge in [-0.25, -0.2) is 0 Å². The van der Waals surface area contributed by atoms with E-state index in [1.54, 1.807) is 4.90 Å². The maximum Gasteiger partial charge on any atom is 0.225 e. The van der Waals surface area contributed by atoms with Crippen LogP contribution >= 0.6 is 11.8 Å². The molecule has 16 heavy (non-hydrogen) atoms. The van der Waals surface area contributed by atoms with Gasteiger partial charge in [-0.05, 0) is 13.3 Å². The van der Waals surface area contributed by atoms with Crippen LogP contribution < -0.4 is 0 Å². The second-order valence-corrected chi connectivity index (χ2v) is 5.69. The highest BCUT2D eigenvalue weighted by atomic mass is 32.2. The number of likely N-dealkylation sites (tertiary alicyclic amines) is 1. The summed E-state index contributed by atoms with van der Waals surface area (Å²) in [5.74, 6) is 2.74. The van der Waals surface area contributed by atoms with Crippen LogP contribution in [0.3, 0.4) is 0 Å². The van der Waals surface area contributed by atoms with E-state index in [2.05, 4.69) is 5.92 Å². The summed E-state index contributed by atoms with van der Waals surface area (Å²) in [6, 6.07) is 0. The van der Waals surface area contributed by atoms with Crippen molar-refractivity contribution in [2.45, 2.75) is 44.4 Å². The average Bonchev–Trinajstić information content (AvgIpc) is 2.58. The zero-order valence-electron chi connectivity index (χ0n) is 9.95. The zero-order chi connectivity index (χ0) is 12.3. The molecule has 3 nitrogen and oxygen atoms in total. The van der Waals surface area contributed by atoms with Crippen LogP contribution in [-0.4, -0.2) is 33.3 Å². The maximum absolute atomic E-state index is 11.8. The highest BCUT2D eigenvalue weighted by Gasteiger charge is 2.40. The molecular weight excluding hydrogens is 222 g/mol. The minimum atomic E-state index is -0.511. The Hall–Kier alpha value is -0.950. The van der Waals surface area contributed by atoms with Crippen LogP contribution in [0.5, 0.6) is 0 Å². The first-order chi connectivity index (χ1) is 7.42. The van der Waals surface area contributed by atoms with Crippen molar-refractivity contribution in [2.24, 2.45) is 0 Å². The fourth-order valence-electron chi connectivity index (χ4n) is 1.84. The van der Waals surface area contributed by atoms with Gasteiger partial charge in [0.1, 0.15) is 5.54 Å². The number of amides is 1. The van der Waals surface area contributed by atoms with E-state index in [1.807, 2.05) is 13.8 Å². The summed E-state index contributed by atoms with van der Waals surface area (Å²) in [5, 5.41) is 0.114. The Morgan fingerprint density at radius 2 is 2.38 bits per heavy atom. The molecule has 0 aliphatic carbocycles. The van der Waals surface area contributed by atoms with Gasteiger partial charge in [-0.15, -0.1) is 6.42 Å². The van der Waals surface area contributed by atoms with E-state index in [0.29, 0.717) is 13.0 Å². The van der Waals surface area contributed by atoms with Crippen LogP contribution in [0.4, 0.5) is 0 Å². The number of thioether (sulfide) groups is 1. The van der Waals surface area contributed by atoms with Gasteiger partial charge in [0.15, 0.2) is 5.12 Å². The SMILES string of the molecule is C#CC(C)(CC)N1CC(SC(C)=O)CC1=O. The average molecular weight is 239 g/mol. The predicted octanol–water partition coefficient (Wildman–Crippen LogP) is 1.67. The van der Waals surface area contributed by atoms with E-state index in [9.17, 15) is 9.59 Å². The summed E-state index contributed by atoms with van der Waals surface area (Å²) < 4.78 is 0. The van der Waals surface area contributed by atoms with Gasteiger partial charge in [-0.2, -0.15) is 0 Å². The molecule has 0 bridgehead atoms. The van der Waals surface area contributed by atoms with E-state index in [4.69, 9.17) is 6.42 Å². The first kappa shape index (κ1) is 13.1. The third-order valence-corrected chi connectivity index (χ3v) is 4.00. The van der Waals surface area contributed by atoms with Crippen LogP contribution in [-0.2, 0) is 9.59 Å². The van der Waals surface area contributed by atoms with Crippen molar-refractivity contribution in [2.75, 3.05) is 6.54 Å². The highest BCUT2D eigenvalue weighted by Crippen LogP contribution is 2.30. The normalized spacial score (nSPS) is 24.0. The molecule has 0 N–H and O–H groups in total. The number of rotatable bonds is 3. The van der Waals surface area contributed by atoms with E-state index in [0.717, 1.165) is 6.42 Å². The van der Waals surface area contributed by atoms with Gasteiger partial charge >= 0.3 is 0 Å². The van der Waals surface area contributed by atoms with Crippen molar-refractivity contribution < 1.29 is 9.59 Å². The van der Waals surface area contributed by atoms with E-state index in [1.165, 1.54) is 18.7 Å². The molecule has 0 saturated carbocycles. The first-order valence-corrected chi connectivity index (χ1v) is 6.26. The van der Waals surface area contributed by atoms with Gasteiger partial charge < -0.3 is 4.90 Å². The summed E-state index contributed by atoms with van der Waals surface area (Å²) in [4.78, 5) is 24.6. The number of carbonyl (C=O) groups is 2. The molecular formula is C12H17NO2S. The van der Waals surface area contributed by atoms with Crippen molar-refractivity contribution in [1.82, 2.24) is 4.90 Å². The summed E-state index contributed by atoms with van der Waals surface area (Å²) in [6.07, 6.45) is 6.64. The molecule has 0 aromatic heterocycles. The fraction of sp³-hybridized carbons (Fsp3) is 0.667. The minimum absolute atomic E-state index is 0.0542. The number of carbonyl (C=O) groups excluding carboxylic acids is 2. The minimum Gasteiger partial charge on any atom is -0.325 e. The van der Waals surface area contributed by atoms with E-state index >= 15 is 0 Å². The number of hydrogen-bond acceptors (Lipinski definition) is 3. The van der Waals surface area contributed by atoms with Gasteiger partial charge in [0.25, 0.3) is 0 Å². The lowest BCUT2D eigenvalue weighted by Gasteiger charge is -2.33. The van der Waals surface area contributed by atoms with Gasteiger partial charge in [0.2, 0.25) is 5.91 Å². The largest absolute Gasteiger partial charge is 0.325 e. The molecule has 0 radical (unpaired) electrons. The standard InChI is InChI=1S/C12H17NO2S/c1-5-12(4,6-2)13-8-10(7-11(13)15)16-9(3)14/h1,10H,6-8H2,2-4H3. The van der Waals surface area contributed by atoms with Crippen molar-refractivity contribution >= 4 is 22.8 Å². The number of nitrogens with zero attached hydrogens (tertiary/aromatic N) is 1. The monoisotopic (exact) mass is 239 g/mol. The predicted molar refractivity (Wildman–Crippen MR) is 65.9 cm³/mol. The third kappa shape index (κ3) is 2.59. The molecule has 2 unspecified atom stereocenters. The number of terminal acetylenes is 1. The van der Waals surface area contributed by atoms with Gasteiger partial charge in [0, 0.05) is 25.1 Å². The van der Waals surface area contributed by atoms with Crippen LogP contribution in [0.25, 0.3) is 0 Å². The zero-order valence-corrected chi connectivity index (χ0v) is 10.8. The van der Waals surface area contributed by atoms with Crippen molar-refractivity contribution in [3.05, 3.63) is 0 Å². The Bertz CT molecular complexity index is 347. The molecule has 1 fully saturated rings. The second kappa shape index (κ2) is 4.92. The lowest BCUT2D eigenvalue weighted by atomic mass is 9.98.